The summed E-state index contributed by atoms with van der Waals surface area (Å²) in [7, 11) is 1.76. The van der Waals surface area contributed by atoms with Crippen molar-refractivity contribution in [3.8, 4) is 0 Å². The molecule has 3 nitrogen and oxygen atoms in total. The SMILES string of the molecule is COCCN(CC=Cc1ccccc1)CC1CCOC1. The Bertz CT molecular complexity index is 385. The molecule has 1 aromatic rings. The van der Waals surface area contributed by atoms with Crippen molar-refractivity contribution in [1.29, 1.82) is 0 Å². The normalized spacial score (nSPS) is 19.2. The first-order valence-electron chi connectivity index (χ1n) is 7.39. The van der Waals surface area contributed by atoms with Crippen molar-refractivity contribution in [2.75, 3.05) is 46.6 Å². The fourth-order valence-corrected chi connectivity index (χ4v) is 2.47. The molecule has 110 valence electrons. The van der Waals surface area contributed by atoms with Gasteiger partial charge in [-0.3, -0.25) is 4.90 Å². The molecule has 0 amide bonds. The summed E-state index contributed by atoms with van der Waals surface area (Å²) in [6.07, 6.45) is 5.61. The number of hydrogen-bond donors (Lipinski definition) is 0. The Balaban J connectivity index is 1.81. The molecular weight excluding hydrogens is 250 g/mol. The van der Waals surface area contributed by atoms with Crippen molar-refractivity contribution in [2.24, 2.45) is 5.92 Å². The van der Waals surface area contributed by atoms with Gasteiger partial charge in [-0.15, -0.1) is 0 Å². The van der Waals surface area contributed by atoms with E-state index in [1.54, 1.807) is 7.11 Å². The number of rotatable bonds is 8. The number of ether oxygens (including phenoxy) is 2. The molecule has 0 spiro atoms. The molecule has 1 unspecified atom stereocenters. The first-order valence-corrected chi connectivity index (χ1v) is 7.39. The lowest BCUT2D eigenvalue weighted by Gasteiger charge is -2.23. The average molecular weight is 275 g/mol. The van der Waals surface area contributed by atoms with E-state index in [9.17, 15) is 0 Å². The van der Waals surface area contributed by atoms with Crippen LogP contribution in [0.5, 0.6) is 0 Å². The lowest BCUT2D eigenvalue weighted by Crippen LogP contribution is -2.32. The summed E-state index contributed by atoms with van der Waals surface area (Å²) in [5.74, 6) is 0.678. The molecular formula is C17H25NO2. The van der Waals surface area contributed by atoms with E-state index >= 15 is 0 Å². The summed E-state index contributed by atoms with van der Waals surface area (Å²) < 4.78 is 10.7. The molecule has 2 rings (SSSR count). The largest absolute Gasteiger partial charge is 0.383 e. The second-order valence-electron chi connectivity index (χ2n) is 5.30. The standard InChI is InChI=1S/C17H25NO2/c1-19-13-11-18(14-17-9-12-20-15-17)10-5-8-16-6-3-2-4-7-16/h2-8,17H,9-15H2,1H3. The van der Waals surface area contributed by atoms with Crippen LogP contribution in [0.15, 0.2) is 36.4 Å². The van der Waals surface area contributed by atoms with Crippen LogP contribution in [-0.2, 0) is 9.47 Å². The van der Waals surface area contributed by atoms with Crippen LogP contribution in [0, 0.1) is 5.92 Å². The molecule has 1 aliphatic heterocycles. The lowest BCUT2D eigenvalue weighted by atomic mass is 10.1. The average Bonchev–Trinajstić information content (AvgIpc) is 2.98. The minimum absolute atomic E-state index is 0.678. The predicted octanol–water partition coefficient (Wildman–Crippen LogP) is 2.68. The Hall–Kier alpha value is -1.16. The van der Waals surface area contributed by atoms with Crippen LogP contribution >= 0.6 is 0 Å². The fraction of sp³-hybridized carbons (Fsp3) is 0.529. The van der Waals surface area contributed by atoms with Gasteiger partial charge in [0, 0.05) is 33.4 Å². The molecule has 1 saturated heterocycles. The van der Waals surface area contributed by atoms with E-state index in [0.717, 1.165) is 39.5 Å². The minimum atomic E-state index is 0.678. The monoisotopic (exact) mass is 275 g/mol. The second-order valence-corrected chi connectivity index (χ2v) is 5.30. The zero-order chi connectivity index (χ0) is 14.0. The molecule has 1 aliphatic rings. The summed E-state index contributed by atoms with van der Waals surface area (Å²) in [6.45, 7) is 5.66. The van der Waals surface area contributed by atoms with Gasteiger partial charge in [-0.05, 0) is 17.9 Å². The number of hydrogen-bond acceptors (Lipinski definition) is 3. The summed E-state index contributed by atoms with van der Waals surface area (Å²) in [6, 6.07) is 10.4. The van der Waals surface area contributed by atoms with E-state index in [4.69, 9.17) is 9.47 Å². The molecule has 0 bridgehead atoms. The van der Waals surface area contributed by atoms with Gasteiger partial charge in [0.25, 0.3) is 0 Å². The first-order chi connectivity index (χ1) is 9.88. The fourth-order valence-electron chi connectivity index (χ4n) is 2.47. The van der Waals surface area contributed by atoms with Gasteiger partial charge in [0.2, 0.25) is 0 Å². The van der Waals surface area contributed by atoms with Crippen molar-refractivity contribution in [3.63, 3.8) is 0 Å². The first kappa shape index (κ1) is 15.2. The van der Waals surface area contributed by atoms with Gasteiger partial charge in [-0.2, -0.15) is 0 Å². The van der Waals surface area contributed by atoms with E-state index in [1.807, 2.05) is 6.07 Å². The Labute approximate surface area is 122 Å². The van der Waals surface area contributed by atoms with Gasteiger partial charge in [0.15, 0.2) is 0 Å². The summed E-state index contributed by atoms with van der Waals surface area (Å²) in [5.41, 5.74) is 1.25. The number of nitrogens with zero attached hydrogens (tertiary/aromatic N) is 1. The van der Waals surface area contributed by atoms with Gasteiger partial charge in [0.1, 0.15) is 0 Å². The Morgan fingerprint density at radius 1 is 1.35 bits per heavy atom. The van der Waals surface area contributed by atoms with Gasteiger partial charge in [0.05, 0.1) is 13.2 Å². The van der Waals surface area contributed by atoms with Crippen LogP contribution < -0.4 is 0 Å². The van der Waals surface area contributed by atoms with Crippen LogP contribution in [0.3, 0.4) is 0 Å². The van der Waals surface area contributed by atoms with E-state index in [0.29, 0.717) is 5.92 Å². The maximum absolute atomic E-state index is 5.46. The van der Waals surface area contributed by atoms with Crippen LogP contribution in [0.25, 0.3) is 6.08 Å². The van der Waals surface area contributed by atoms with Crippen LogP contribution in [0.1, 0.15) is 12.0 Å². The number of benzene rings is 1. The number of methoxy groups -OCH3 is 1. The van der Waals surface area contributed by atoms with E-state index in [-0.39, 0.29) is 0 Å². The van der Waals surface area contributed by atoms with Gasteiger partial charge < -0.3 is 9.47 Å². The topological polar surface area (TPSA) is 21.7 Å². The van der Waals surface area contributed by atoms with E-state index < -0.39 is 0 Å². The van der Waals surface area contributed by atoms with Crippen LogP contribution in [0.2, 0.25) is 0 Å². The molecule has 1 atom stereocenters. The minimum Gasteiger partial charge on any atom is -0.383 e. The predicted molar refractivity (Wildman–Crippen MR) is 82.7 cm³/mol. The highest BCUT2D eigenvalue weighted by Crippen LogP contribution is 2.14. The summed E-state index contributed by atoms with van der Waals surface area (Å²) in [4.78, 5) is 2.45. The third-order valence-corrected chi connectivity index (χ3v) is 3.63. The highest BCUT2D eigenvalue weighted by Gasteiger charge is 2.18. The van der Waals surface area contributed by atoms with E-state index in [1.165, 1.54) is 12.0 Å². The Morgan fingerprint density at radius 3 is 2.90 bits per heavy atom. The lowest BCUT2D eigenvalue weighted by molar-refractivity contribution is 0.135. The quantitative estimate of drug-likeness (QED) is 0.728. The maximum atomic E-state index is 5.46. The molecule has 20 heavy (non-hydrogen) atoms. The van der Waals surface area contributed by atoms with Crippen molar-refractivity contribution in [2.45, 2.75) is 6.42 Å². The third-order valence-electron chi connectivity index (χ3n) is 3.63. The smallest absolute Gasteiger partial charge is 0.0589 e. The van der Waals surface area contributed by atoms with Gasteiger partial charge in [-0.25, -0.2) is 0 Å². The molecule has 1 fully saturated rings. The van der Waals surface area contributed by atoms with Crippen LogP contribution in [-0.4, -0.2) is 51.5 Å². The van der Waals surface area contributed by atoms with Crippen molar-refractivity contribution in [3.05, 3.63) is 42.0 Å². The van der Waals surface area contributed by atoms with Crippen molar-refractivity contribution < 1.29 is 9.47 Å². The Morgan fingerprint density at radius 2 is 2.20 bits per heavy atom. The molecule has 1 aromatic carbocycles. The second kappa shape index (κ2) is 8.90. The highest BCUT2D eigenvalue weighted by molar-refractivity contribution is 5.48. The summed E-state index contributed by atoms with van der Waals surface area (Å²) >= 11 is 0. The maximum Gasteiger partial charge on any atom is 0.0589 e. The van der Waals surface area contributed by atoms with Gasteiger partial charge >= 0.3 is 0 Å². The molecule has 0 saturated carbocycles. The zero-order valence-corrected chi connectivity index (χ0v) is 12.3. The highest BCUT2D eigenvalue weighted by atomic mass is 16.5. The van der Waals surface area contributed by atoms with Crippen LogP contribution in [0.4, 0.5) is 0 Å². The molecule has 1 heterocycles. The molecule has 0 aliphatic carbocycles. The zero-order valence-electron chi connectivity index (χ0n) is 12.3. The van der Waals surface area contributed by atoms with E-state index in [2.05, 4.69) is 41.3 Å². The van der Waals surface area contributed by atoms with Crippen molar-refractivity contribution >= 4 is 6.08 Å². The molecule has 0 radical (unpaired) electrons. The molecule has 3 heteroatoms. The molecule has 0 N–H and O–H groups in total. The van der Waals surface area contributed by atoms with Crippen molar-refractivity contribution in [1.82, 2.24) is 4.90 Å². The molecule has 0 aromatic heterocycles. The third kappa shape index (κ3) is 5.45. The summed E-state index contributed by atoms with van der Waals surface area (Å²) in [5, 5.41) is 0. The Kier molecular flexibility index (Phi) is 6.78. The van der Waals surface area contributed by atoms with Gasteiger partial charge in [-0.1, -0.05) is 42.5 Å².